The summed E-state index contributed by atoms with van der Waals surface area (Å²) in [7, 11) is 0. The number of halogens is 2. The first-order chi connectivity index (χ1) is 11.4. The normalized spacial score (nSPS) is 14.1. The van der Waals surface area contributed by atoms with Gasteiger partial charge in [0.25, 0.3) is 18.0 Å². The number of benzene rings is 1. The molecule has 1 fully saturated rings. The summed E-state index contributed by atoms with van der Waals surface area (Å²) in [5, 5.41) is 11.1. The summed E-state index contributed by atoms with van der Waals surface area (Å²) in [6.45, 7) is -0.729. The van der Waals surface area contributed by atoms with Gasteiger partial charge in [-0.2, -0.15) is 0 Å². The molecule has 2 aromatic rings. The van der Waals surface area contributed by atoms with Gasteiger partial charge in [-0.3, -0.25) is 19.7 Å². The lowest BCUT2D eigenvalue weighted by Crippen LogP contribution is -2.37. The average molecular weight is 337 g/mol. The van der Waals surface area contributed by atoms with Crippen molar-refractivity contribution < 1.29 is 18.5 Å². The number of amides is 1. The van der Waals surface area contributed by atoms with Gasteiger partial charge < -0.3 is 9.88 Å². The highest BCUT2D eigenvalue weighted by Gasteiger charge is 2.35. The van der Waals surface area contributed by atoms with Crippen LogP contribution >= 0.6 is 0 Å². The Labute approximate surface area is 134 Å². The summed E-state index contributed by atoms with van der Waals surface area (Å²) in [5.74, 6) is -0.714. The number of nitrogens with one attached hydrogen (secondary N) is 1. The van der Waals surface area contributed by atoms with Crippen molar-refractivity contribution >= 4 is 22.5 Å². The van der Waals surface area contributed by atoms with Gasteiger partial charge in [-0.25, -0.2) is 8.78 Å². The molecule has 9 heteroatoms. The maximum absolute atomic E-state index is 12.8. The molecule has 1 saturated carbocycles. The van der Waals surface area contributed by atoms with Crippen LogP contribution in [-0.2, 0) is 0 Å². The Morgan fingerprint density at radius 2 is 2.08 bits per heavy atom. The maximum atomic E-state index is 12.8. The number of hydrogen-bond acceptors (Lipinski definition) is 4. The minimum absolute atomic E-state index is 0.106. The minimum Gasteiger partial charge on any atom is -0.330 e. The largest absolute Gasteiger partial charge is 0.330 e. The molecule has 0 unspecified atom stereocenters. The first-order valence-electron chi connectivity index (χ1n) is 7.27. The number of carbonyl (C=O) groups excluding carboxylic acids is 1. The molecule has 1 aliphatic rings. The molecule has 0 bridgehead atoms. The Bertz CT molecular complexity index is 877. The molecular formula is C15H13F2N3O4. The highest BCUT2D eigenvalue weighted by Crippen LogP contribution is 2.30. The number of nitro groups is 1. The number of hydrogen-bond donors (Lipinski definition) is 1. The Morgan fingerprint density at radius 1 is 1.38 bits per heavy atom. The van der Waals surface area contributed by atoms with Gasteiger partial charge in [0.2, 0.25) is 5.56 Å². The lowest BCUT2D eigenvalue weighted by molar-refractivity contribution is -0.384. The van der Waals surface area contributed by atoms with E-state index in [0.29, 0.717) is 12.8 Å². The third kappa shape index (κ3) is 3.10. The summed E-state index contributed by atoms with van der Waals surface area (Å²) in [6, 6.07) is 4.39. The van der Waals surface area contributed by atoms with Crippen molar-refractivity contribution in [1.29, 1.82) is 0 Å². The average Bonchev–Trinajstić information content (AvgIpc) is 3.35. The number of alkyl halides is 2. The molecule has 1 amide bonds. The summed E-state index contributed by atoms with van der Waals surface area (Å²) >= 11 is 0. The van der Waals surface area contributed by atoms with Crippen LogP contribution < -0.4 is 5.56 Å². The van der Waals surface area contributed by atoms with Crippen molar-refractivity contribution in [2.45, 2.75) is 25.3 Å². The van der Waals surface area contributed by atoms with Gasteiger partial charge >= 0.3 is 0 Å². The maximum Gasteiger partial charge on any atom is 0.270 e. The first kappa shape index (κ1) is 16.0. The van der Waals surface area contributed by atoms with Crippen molar-refractivity contribution in [3.05, 3.63) is 50.3 Å². The standard InChI is InChI=1S/C15H13F2N3O4/c16-13(17)7-19(8-1-2-8)15(22)11-6-14(21)18-12-4-3-9(20(23)24)5-10(11)12/h3-6,8,13H,1-2,7H2,(H,18,21). The third-order valence-corrected chi connectivity index (χ3v) is 3.85. The van der Waals surface area contributed by atoms with Crippen LogP contribution in [0.4, 0.5) is 14.5 Å². The Kier molecular flexibility index (Phi) is 4.00. The number of aromatic amines is 1. The quantitative estimate of drug-likeness (QED) is 0.669. The summed E-state index contributed by atoms with van der Waals surface area (Å²) < 4.78 is 25.5. The molecule has 1 aliphatic carbocycles. The molecule has 0 aliphatic heterocycles. The van der Waals surface area contributed by atoms with E-state index in [-0.39, 0.29) is 28.2 Å². The van der Waals surface area contributed by atoms with Crippen LogP contribution in [0.5, 0.6) is 0 Å². The van der Waals surface area contributed by atoms with Crippen molar-refractivity contribution in [3.63, 3.8) is 0 Å². The minimum atomic E-state index is -2.70. The van der Waals surface area contributed by atoms with E-state index < -0.39 is 29.4 Å². The lowest BCUT2D eigenvalue weighted by atomic mass is 10.1. The van der Waals surface area contributed by atoms with Crippen LogP contribution in [0.25, 0.3) is 10.9 Å². The van der Waals surface area contributed by atoms with Crippen molar-refractivity contribution in [3.8, 4) is 0 Å². The fourth-order valence-corrected chi connectivity index (χ4v) is 2.62. The SMILES string of the molecule is O=C(c1cc(=O)[nH]c2ccc([N+](=O)[O-])cc12)N(CC(F)F)C1CC1. The molecule has 0 radical (unpaired) electrons. The fourth-order valence-electron chi connectivity index (χ4n) is 2.62. The van der Waals surface area contributed by atoms with Gasteiger partial charge in [-0.1, -0.05) is 0 Å². The molecule has 1 N–H and O–H groups in total. The molecule has 0 atom stereocenters. The van der Waals surface area contributed by atoms with Gasteiger partial charge in [0.1, 0.15) is 0 Å². The molecule has 0 saturated heterocycles. The van der Waals surface area contributed by atoms with Crippen molar-refractivity contribution in [1.82, 2.24) is 9.88 Å². The van der Waals surface area contributed by atoms with Crippen LogP contribution in [0, 0.1) is 10.1 Å². The van der Waals surface area contributed by atoms with E-state index in [1.165, 1.54) is 12.1 Å². The summed E-state index contributed by atoms with van der Waals surface area (Å²) in [5.41, 5.74) is -0.697. The highest BCUT2D eigenvalue weighted by molar-refractivity contribution is 6.06. The van der Waals surface area contributed by atoms with Crippen LogP contribution in [0.3, 0.4) is 0 Å². The first-order valence-corrected chi connectivity index (χ1v) is 7.27. The predicted molar refractivity (Wildman–Crippen MR) is 81.3 cm³/mol. The van der Waals surface area contributed by atoms with E-state index in [4.69, 9.17) is 0 Å². The van der Waals surface area contributed by atoms with E-state index in [9.17, 15) is 28.5 Å². The topological polar surface area (TPSA) is 96.3 Å². The molecule has 126 valence electrons. The number of nitro benzene ring substituents is 1. The second kappa shape index (κ2) is 5.99. The second-order valence-electron chi connectivity index (χ2n) is 5.61. The number of rotatable bonds is 5. The number of pyridine rings is 1. The van der Waals surface area contributed by atoms with Gasteiger partial charge in [-0.15, -0.1) is 0 Å². The fraction of sp³-hybridized carbons (Fsp3) is 0.333. The van der Waals surface area contributed by atoms with E-state index >= 15 is 0 Å². The van der Waals surface area contributed by atoms with Crippen LogP contribution in [0.2, 0.25) is 0 Å². The number of non-ortho nitro benzene ring substituents is 1. The predicted octanol–water partition coefficient (Wildman–Crippen LogP) is 2.31. The van der Waals surface area contributed by atoms with Crippen LogP contribution in [0.1, 0.15) is 23.2 Å². The molecular weight excluding hydrogens is 324 g/mol. The molecule has 24 heavy (non-hydrogen) atoms. The zero-order chi connectivity index (χ0) is 17.4. The van der Waals surface area contributed by atoms with E-state index in [0.717, 1.165) is 17.0 Å². The number of aromatic nitrogens is 1. The summed E-state index contributed by atoms with van der Waals surface area (Å²) in [6.07, 6.45) is -1.45. The molecule has 1 aromatic heterocycles. The molecule has 7 nitrogen and oxygen atoms in total. The molecule has 1 heterocycles. The lowest BCUT2D eigenvalue weighted by Gasteiger charge is -2.22. The zero-order valence-electron chi connectivity index (χ0n) is 12.4. The van der Waals surface area contributed by atoms with Gasteiger partial charge in [0, 0.05) is 35.1 Å². The Hall–Kier alpha value is -2.84. The summed E-state index contributed by atoms with van der Waals surface area (Å²) in [4.78, 5) is 38.2. The van der Waals surface area contributed by atoms with Crippen LogP contribution in [0.15, 0.2) is 29.1 Å². The van der Waals surface area contributed by atoms with Gasteiger partial charge in [-0.05, 0) is 18.9 Å². The van der Waals surface area contributed by atoms with E-state index in [2.05, 4.69) is 4.98 Å². The van der Waals surface area contributed by atoms with Crippen LogP contribution in [-0.4, -0.2) is 39.7 Å². The van der Waals surface area contributed by atoms with E-state index in [1.54, 1.807) is 0 Å². The molecule has 1 aromatic carbocycles. The third-order valence-electron chi connectivity index (χ3n) is 3.85. The van der Waals surface area contributed by atoms with Crippen molar-refractivity contribution in [2.24, 2.45) is 0 Å². The van der Waals surface area contributed by atoms with Gasteiger partial charge in [0.05, 0.1) is 17.0 Å². The van der Waals surface area contributed by atoms with E-state index in [1.807, 2.05) is 0 Å². The number of carbonyl (C=O) groups is 1. The Morgan fingerprint density at radius 3 is 2.67 bits per heavy atom. The van der Waals surface area contributed by atoms with Gasteiger partial charge in [0.15, 0.2) is 0 Å². The number of fused-ring (bicyclic) bond motifs is 1. The zero-order valence-corrected chi connectivity index (χ0v) is 12.4. The highest BCUT2D eigenvalue weighted by atomic mass is 19.3. The van der Waals surface area contributed by atoms with Crippen molar-refractivity contribution in [2.75, 3.05) is 6.54 Å². The Balaban J connectivity index is 2.12. The smallest absolute Gasteiger partial charge is 0.270 e. The molecule has 3 rings (SSSR count). The monoisotopic (exact) mass is 337 g/mol. The molecule has 0 spiro atoms. The number of H-pyrrole nitrogens is 1. The second-order valence-corrected chi connectivity index (χ2v) is 5.61. The number of nitrogens with zero attached hydrogens (tertiary/aromatic N) is 2.